The van der Waals surface area contributed by atoms with Gasteiger partial charge in [0.15, 0.2) is 18.1 Å². The second kappa shape index (κ2) is 9.08. The molecule has 2 rings (SSSR count). The molecule has 0 heterocycles. The van der Waals surface area contributed by atoms with Crippen LogP contribution in [0.1, 0.15) is 11.1 Å². The highest BCUT2D eigenvalue weighted by Crippen LogP contribution is 2.26. The smallest absolute Gasteiger partial charge is 0.265 e. The van der Waals surface area contributed by atoms with Crippen LogP contribution in [0.3, 0.4) is 0 Å². The molecule has 0 aliphatic heterocycles. The molecule has 6 nitrogen and oxygen atoms in total. The van der Waals surface area contributed by atoms with Crippen molar-refractivity contribution in [3.05, 3.63) is 52.0 Å². The third-order valence-corrected chi connectivity index (χ3v) is 4.21. The molecule has 0 unspecified atom stereocenters. The quantitative estimate of drug-likeness (QED) is 0.561. The first-order valence-corrected chi connectivity index (χ1v) is 8.26. The van der Waals surface area contributed by atoms with E-state index in [1.165, 1.54) is 6.21 Å². The van der Waals surface area contributed by atoms with Crippen LogP contribution in [0.5, 0.6) is 11.5 Å². The van der Waals surface area contributed by atoms with Crippen molar-refractivity contribution in [2.24, 2.45) is 5.16 Å². The molecule has 7 heteroatoms. The van der Waals surface area contributed by atoms with E-state index in [1.54, 1.807) is 32.4 Å². The Kier molecular flexibility index (Phi) is 6.82. The second-order valence-electron chi connectivity index (χ2n) is 5.13. The largest absolute Gasteiger partial charge is 0.493 e. The highest BCUT2D eigenvalue weighted by Gasteiger charge is 2.05. The first kappa shape index (κ1) is 18.8. The molecule has 0 fully saturated rings. The topological polar surface area (TPSA) is 69.2 Å². The first-order valence-electron chi connectivity index (χ1n) is 7.47. The van der Waals surface area contributed by atoms with Crippen LogP contribution >= 0.6 is 15.9 Å². The molecule has 1 N–H and O–H groups in total. The fourth-order valence-electron chi connectivity index (χ4n) is 2.05. The van der Waals surface area contributed by atoms with Gasteiger partial charge in [-0.2, -0.15) is 0 Å². The van der Waals surface area contributed by atoms with Crippen LogP contribution in [0.2, 0.25) is 0 Å². The van der Waals surface area contributed by atoms with Crippen molar-refractivity contribution in [3.8, 4) is 11.5 Å². The summed E-state index contributed by atoms with van der Waals surface area (Å²) in [6, 6.07) is 10.9. The summed E-state index contributed by atoms with van der Waals surface area (Å²) in [6.07, 6.45) is 1.50. The third-order valence-electron chi connectivity index (χ3n) is 3.32. The Bertz CT molecular complexity index is 778. The Labute approximate surface area is 154 Å². The number of hydrogen-bond acceptors (Lipinski definition) is 5. The molecule has 2 aromatic carbocycles. The number of rotatable bonds is 7. The molecule has 0 bridgehead atoms. The number of oxime groups is 1. The van der Waals surface area contributed by atoms with Crippen molar-refractivity contribution in [1.29, 1.82) is 0 Å². The summed E-state index contributed by atoms with van der Waals surface area (Å²) in [5, 5.41) is 6.54. The van der Waals surface area contributed by atoms with Crippen molar-refractivity contribution >= 4 is 33.7 Å². The lowest BCUT2D eigenvalue weighted by Crippen LogP contribution is -2.17. The number of carbonyl (C=O) groups is 1. The number of ether oxygens (including phenoxy) is 2. The number of halogens is 1. The standard InChI is InChI=1S/C18H19BrN2O4/c1-12-8-14(5-6-15(12)19)21-18(22)11-25-20-10-13-4-7-16(23-2)17(9-13)24-3/h4-10H,11H2,1-3H3,(H,21,22). The SMILES string of the molecule is COc1ccc(C=NOCC(=O)Nc2ccc(Br)c(C)c2)cc1OC. The normalized spacial score (nSPS) is 10.6. The summed E-state index contributed by atoms with van der Waals surface area (Å²) in [5.74, 6) is 0.936. The molecule has 0 aliphatic rings. The van der Waals surface area contributed by atoms with Crippen LogP contribution in [0.25, 0.3) is 0 Å². The van der Waals surface area contributed by atoms with Crippen LogP contribution < -0.4 is 14.8 Å². The number of benzene rings is 2. The van der Waals surface area contributed by atoms with Gasteiger partial charge in [0.1, 0.15) is 0 Å². The Morgan fingerprint density at radius 1 is 1.16 bits per heavy atom. The van der Waals surface area contributed by atoms with Crippen LogP contribution in [0.15, 0.2) is 46.0 Å². The summed E-state index contributed by atoms with van der Waals surface area (Å²) in [7, 11) is 3.13. The summed E-state index contributed by atoms with van der Waals surface area (Å²) in [6.45, 7) is 1.77. The second-order valence-corrected chi connectivity index (χ2v) is 5.99. The lowest BCUT2D eigenvalue weighted by atomic mass is 10.2. The van der Waals surface area contributed by atoms with E-state index in [0.29, 0.717) is 17.2 Å². The van der Waals surface area contributed by atoms with Crippen LogP contribution in [0, 0.1) is 6.92 Å². The molecular weight excluding hydrogens is 388 g/mol. The number of anilines is 1. The zero-order chi connectivity index (χ0) is 18.2. The van der Waals surface area contributed by atoms with E-state index >= 15 is 0 Å². The molecule has 0 atom stereocenters. The van der Waals surface area contributed by atoms with Crippen LogP contribution in [-0.4, -0.2) is 32.9 Å². The molecule has 0 saturated carbocycles. The minimum absolute atomic E-state index is 0.182. The van der Waals surface area contributed by atoms with Gasteiger partial charge in [-0.15, -0.1) is 0 Å². The van der Waals surface area contributed by atoms with E-state index in [-0.39, 0.29) is 12.5 Å². The van der Waals surface area contributed by atoms with Gasteiger partial charge in [0, 0.05) is 15.7 Å². The minimum atomic E-state index is -0.286. The number of hydrogen-bond donors (Lipinski definition) is 1. The summed E-state index contributed by atoms with van der Waals surface area (Å²) >= 11 is 3.41. The zero-order valence-corrected chi connectivity index (χ0v) is 15.8. The maximum atomic E-state index is 11.8. The van der Waals surface area contributed by atoms with E-state index in [0.717, 1.165) is 15.6 Å². The molecule has 2 aromatic rings. The fourth-order valence-corrected chi connectivity index (χ4v) is 2.29. The van der Waals surface area contributed by atoms with E-state index in [2.05, 4.69) is 26.4 Å². The number of aryl methyl sites for hydroxylation is 1. The zero-order valence-electron chi connectivity index (χ0n) is 14.2. The molecule has 132 valence electrons. The summed E-state index contributed by atoms with van der Waals surface area (Å²) < 4.78 is 11.4. The first-order chi connectivity index (χ1) is 12.0. The van der Waals surface area contributed by atoms with Gasteiger partial charge in [0.25, 0.3) is 5.91 Å². The number of carbonyl (C=O) groups excluding carboxylic acids is 1. The lowest BCUT2D eigenvalue weighted by molar-refractivity contribution is -0.120. The molecule has 0 radical (unpaired) electrons. The van der Waals surface area contributed by atoms with Gasteiger partial charge in [-0.1, -0.05) is 21.1 Å². The van der Waals surface area contributed by atoms with Crippen molar-refractivity contribution < 1.29 is 19.1 Å². The van der Waals surface area contributed by atoms with E-state index < -0.39 is 0 Å². The fraction of sp³-hybridized carbons (Fsp3) is 0.222. The maximum absolute atomic E-state index is 11.8. The van der Waals surface area contributed by atoms with Gasteiger partial charge in [0.2, 0.25) is 0 Å². The molecule has 25 heavy (non-hydrogen) atoms. The Morgan fingerprint density at radius 3 is 2.60 bits per heavy atom. The van der Waals surface area contributed by atoms with Gasteiger partial charge in [0.05, 0.1) is 20.4 Å². The van der Waals surface area contributed by atoms with Crippen LogP contribution in [0.4, 0.5) is 5.69 Å². The van der Waals surface area contributed by atoms with Crippen molar-refractivity contribution in [2.45, 2.75) is 6.92 Å². The van der Waals surface area contributed by atoms with Crippen LogP contribution in [-0.2, 0) is 9.63 Å². The van der Waals surface area contributed by atoms with Gasteiger partial charge < -0.3 is 19.6 Å². The van der Waals surface area contributed by atoms with Crippen molar-refractivity contribution in [1.82, 2.24) is 0 Å². The predicted octanol–water partition coefficient (Wildman–Crippen LogP) is 3.76. The summed E-state index contributed by atoms with van der Waals surface area (Å²) in [5.41, 5.74) is 2.50. The van der Waals surface area contributed by atoms with E-state index in [1.807, 2.05) is 25.1 Å². The van der Waals surface area contributed by atoms with Gasteiger partial charge >= 0.3 is 0 Å². The van der Waals surface area contributed by atoms with Gasteiger partial charge in [-0.05, 0) is 48.9 Å². The predicted molar refractivity (Wildman–Crippen MR) is 101 cm³/mol. The highest BCUT2D eigenvalue weighted by atomic mass is 79.9. The Hall–Kier alpha value is -2.54. The number of nitrogens with zero attached hydrogens (tertiary/aromatic N) is 1. The average Bonchev–Trinajstić information content (AvgIpc) is 2.61. The molecule has 0 saturated heterocycles. The van der Waals surface area contributed by atoms with Gasteiger partial charge in [-0.3, -0.25) is 4.79 Å². The Balaban J connectivity index is 1.86. The van der Waals surface area contributed by atoms with Crippen molar-refractivity contribution in [2.75, 3.05) is 26.1 Å². The number of methoxy groups -OCH3 is 2. The third kappa shape index (κ3) is 5.49. The molecule has 0 aliphatic carbocycles. The van der Waals surface area contributed by atoms with E-state index in [9.17, 15) is 4.79 Å². The van der Waals surface area contributed by atoms with E-state index in [4.69, 9.17) is 14.3 Å². The lowest BCUT2D eigenvalue weighted by Gasteiger charge is -2.07. The Morgan fingerprint density at radius 2 is 1.92 bits per heavy atom. The van der Waals surface area contributed by atoms with Crippen molar-refractivity contribution in [3.63, 3.8) is 0 Å². The minimum Gasteiger partial charge on any atom is -0.493 e. The molecule has 0 aromatic heterocycles. The molecular formula is C18H19BrN2O4. The summed E-state index contributed by atoms with van der Waals surface area (Å²) in [4.78, 5) is 16.9. The maximum Gasteiger partial charge on any atom is 0.265 e. The number of nitrogens with one attached hydrogen (secondary N) is 1. The molecule has 1 amide bonds. The number of amides is 1. The molecule has 0 spiro atoms. The highest BCUT2D eigenvalue weighted by molar-refractivity contribution is 9.10. The average molecular weight is 407 g/mol. The van der Waals surface area contributed by atoms with Gasteiger partial charge in [-0.25, -0.2) is 0 Å². The monoisotopic (exact) mass is 406 g/mol.